The van der Waals surface area contributed by atoms with Crippen molar-refractivity contribution in [2.75, 3.05) is 25.5 Å². The second-order valence-corrected chi connectivity index (χ2v) is 7.92. The first-order valence-electron chi connectivity index (χ1n) is 10.3. The summed E-state index contributed by atoms with van der Waals surface area (Å²) in [6.07, 6.45) is 5.19. The molecule has 3 aromatic rings. The third kappa shape index (κ3) is 3.61. The first-order chi connectivity index (χ1) is 14.4. The Morgan fingerprint density at radius 3 is 2.77 bits per heavy atom. The molecule has 0 aliphatic carbocycles. The smallest absolute Gasteiger partial charge is 0.241 e. The third-order valence-electron chi connectivity index (χ3n) is 6.16. The van der Waals surface area contributed by atoms with Crippen molar-refractivity contribution >= 4 is 28.1 Å². The molecule has 0 spiro atoms. The number of amides is 1. The summed E-state index contributed by atoms with van der Waals surface area (Å²) in [5, 5.41) is 8.62. The summed E-state index contributed by atoms with van der Waals surface area (Å²) in [5.74, 6) is 0.857. The number of aryl methyl sites for hydroxylation is 2. The summed E-state index contributed by atoms with van der Waals surface area (Å²) in [6, 6.07) is 5.86. The molecule has 7 heteroatoms. The Morgan fingerprint density at radius 2 is 2.13 bits per heavy atom. The number of methoxy groups -OCH3 is 1. The fraction of sp³-hybridized carbons (Fsp3) is 0.391. The molecule has 1 atom stereocenters. The van der Waals surface area contributed by atoms with Crippen LogP contribution in [0.5, 0.6) is 5.75 Å². The average Bonchev–Trinajstić information content (AvgIpc) is 3.28. The molecule has 30 heavy (non-hydrogen) atoms. The lowest BCUT2D eigenvalue weighted by atomic mass is 9.98. The van der Waals surface area contributed by atoms with Crippen LogP contribution in [0.4, 0.5) is 5.69 Å². The molecule has 158 valence electrons. The zero-order valence-electron chi connectivity index (χ0n) is 18.2. The van der Waals surface area contributed by atoms with Crippen molar-refractivity contribution in [1.82, 2.24) is 19.7 Å². The normalized spacial score (nSPS) is 15.8. The van der Waals surface area contributed by atoms with E-state index in [0.29, 0.717) is 0 Å². The molecule has 4 rings (SSSR count). The van der Waals surface area contributed by atoms with E-state index < -0.39 is 0 Å². The van der Waals surface area contributed by atoms with E-state index in [1.54, 1.807) is 11.8 Å². The minimum Gasteiger partial charge on any atom is -0.497 e. The SMILES string of the molecule is COc1ccc2[nH]cc(C3=CCN(C(C)C(=O)Nc4c(C)nn(C)c4C)CC3)c2c1. The molecule has 0 radical (unpaired) electrons. The van der Waals surface area contributed by atoms with E-state index >= 15 is 0 Å². The van der Waals surface area contributed by atoms with Gasteiger partial charge < -0.3 is 15.0 Å². The summed E-state index contributed by atoms with van der Waals surface area (Å²) in [5.41, 5.74) is 6.23. The van der Waals surface area contributed by atoms with Gasteiger partial charge in [0.15, 0.2) is 0 Å². The number of ether oxygens (including phenoxy) is 1. The fourth-order valence-corrected chi connectivity index (χ4v) is 4.12. The Kier molecular flexibility index (Phi) is 5.39. The van der Waals surface area contributed by atoms with Gasteiger partial charge in [0.25, 0.3) is 0 Å². The molecule has 0 bridgehead atoms. The second kappa shape index (κ2) is 7.99. The Hall–Kier alpha value is -3.06. The molecule has 0 saturated carbocycles. The van der Waals surface area contributed by atoms with Gasteiger partial charge in [0.05, 0.1) is 30.2 Å². The number of carbonyl (C=O) groups is 1. The number of rotatable bonds is 5. The molecule has 3 heterocycles. The number of nitrogens with one attached hydrogen (secondary N) is 2. The van der Waals surface area contributed by atoms with Crippen molar-refractivity contribution in [2.24, 2.45) is 7.05 Å². The van der Waals surface area contributed by atoms with Gasteiger partial charge in [-0.25, -0.2) is 0 Å². The number of nitrogens with zero attached hydrogens (tertiary/aromatic N) is 3. The Labute approximate surface area is 176 Å². The van der Waals surface area contributed by atoms with Crippen molar-refractivity contribution in [3.05, 3.63) is 47.4 Å². The van der Waals surface area contributed by atoms with Crippen molar-refractivity contribution in [3.8, 4) is 5.75 Å². The van der Waals surface area contributed by atoms with Crippen LogP contribution in [0.1, 0.15) is 30.3 Å². The summed E-state index contributed by atoms with van der Waals surface area (Å²) in [6.45, 7) is 7.42. The van der Waals surface area contributed by atoms with Gasteiger partial charge in [0.2, 0.25) is 5.91 Å². The number of benzene rings is 1. The lowest BCUT2D eigenvalue weighted by molar-refractivity contribution is -0.120. The molecule has 7 nitrogen and oxygen atoms in total. The minimum absolute atomic E-state index is 0.00267. The van der Waals surface area contributed by atoms with Crippen LogP contribution in [0.3, 0.4) is 0 Å². The highest BCUT2D eigenvalue weighted by atomic mass is 16.5. The van der Waals surface area contributed by atoms with Crippen LogP contribution < -0.4 is 10.1 Å². The summed E-state index contributed by atoms with van der Waals surface area (Å²) in [7, 11) is 3.57. The van der Waals surface area contributed by atoms with E-state index in [9.17, 15) is 4.79 Å². The molecule has 1 unspecified atom stereocenters. The van der Waals surface area contributed by atoms with Crippen LogP contribution in [0.25, 0.3) is 16.5 Å². The quantitative estimate of drug-likeness (QED) is 0.677. The van der Waals surface area contributed by atoms with Gasteiger partial charge in [-0.15, -0.1) is 0 Å². The van der Waals surface area contributed by atoms with Crippen LogP contribution in [0, 0.1) is 13.8 Å². The number of fused-ring (bicyclic) bond motifs is 1. The van der Waals surface area contributed by atoms with Crippen molar-refractivity contribution in [1.29, 1.82) is 0 Å². The highest BCUT2D eigenvalue weighted by Crippen LogP contribution is 2.32. The number of H-pyrrole nitrogens is 1. The van der Waals surface area contributed by atoms with Gasteiger partial charge in [0.1, 0.15) is 5.75 Å². The van der Waals surface area contributed by atoms with Crippen LogP contribution in [-0.4, -0.2) is 51.8 Å². The monoisotopic (exact) mass is 407 g/mol. The lowest BCUT2D eigenvalue weighted by Gasteiger charge is -2.31. The number of aromatic nitrogens is 3. The number of carbonyl (C=O) groups excluding carboxylic acids is 1. The first kappa shape index (κ1) is 20.2. The summed E-state index contributed by atoms with van der Waals surface area (Å²) >= 11 is 0. The fourth-order valence-electron chi connectivity index (χ4n) is 4.12. The predicted molar refractivity (Wildman–Crippen MR) is 120 cm³/mol. The van der Waals surface area contributed by atoms with E-state index in [2.05, 4.69) is 38.6 Å². The summed E-state index contributed by atoms with van der Waals surface area (Å²) < 4.78 is 7.18. The van der Waals surface area contributed by atoms with E-state index in [4.69, 9.17) is 4.74 Å². The molecular weight excluding hydrogens is 378 g/mol. The third-order valence-corrected chi connectivity index (χ3v) is 6.16. The molecule has 1 aromatic carbocycles. The number of aromatic amines is 1. The maximum absolute atomic E-state index is 12.9. The molecule has 2 aromatic heterocycles. The van der Waals surface area contributed by atoms with E-state index in [1.807, 2.05) is 40.0 Å². The van der Waals surface area contributed by atoms with Crippen molar-refractivity contribution in [3.63, 3.8) is 0 Å². The lowest BCUT2D eigenvalue weighted by Crippen LogP contribution is -2.44. The van der Waals surface area contributed by atoms with Gasteiger partial charge >= 0.3 is 0 Å². The van der Waals surface area contributed by atoms with Gasteiger partial charge in [-0.1, -0.05) is 6.08 Å². The van der Waals surface area contributed by atoms with Gasteiger partial charge in [-0.3, -0.25) is 14.4 Å². The second-order valence-electron chi connectivity index (χ2n) is 7.92. The van der Waals surface area contributed by atoms with Crippen LogP contribution in [0.15, 0.2) is 30.5 Å². The summed E-state index contributed by atoms with van der Waals surface area (Å²) in [4.78, 5) is 18.4. The topological polar surface area (TPSA) is 75.2 Å². The average molecular weight is 408 g/mol. The van der Waals surface area contributed by atoms with E-state index in [1.165, 1.54) is 16.5 Å². The van der Waals surface area contributed by atoms with E-state index in [0.717, 1.165) is 47.9 Å². The maximum atomic E-state index is 12.9. The maximum Gasteiger partial charge on any atom is 0.241 e. The molecule has 0 fully saturated rings. The molecule has 1 aliphatic heterocycles. The van der Waals surface area contributed by atoms with Crippen LogP contribution in [0.2, 0.25) is 0 Å². The number of anilines is 1. The van der Waals surface area contributed by atoms with Gasteiger partial charge in [-0.2, -0.15) is 5.10 Å². The zero-order chi connectivity index (χ0) is 21.4. The Morgan fingerprint density at radius 1 is 1.33 bits per heavy atom. The molecular formula is C23H29N5O2. The Bertz CT molecular complexity index is 1120. The Balaban J connectivity index is 1.47. The number of hydrogen-bond donors (Lipinski definition) is 2. The molecule has 1 aliphatic rings. The van der Waals surface area contributed by atoms with Crippen molar-refractivity contribution < 1.29 is 9.53 Å². The van der Waals surface area contributed by atoms with Crippen LogP contribution in [-0.2, 0) is 11.8 Å². The highest BCUT2D eigenvalue weighted by Gasteiger charge is 2.25. The minimum atomic E-state index is -0.218. The molecule has 0 saturated heterocycles. The highest BCUT2D eigenvalue weighted by molar-refractivity contribution is 5.96. The van der Waals surface area contributed by atoms with Crippen molar-refractivity contribution in [2.45, 2.75) is 33.2 Å². The predicted octanol–water partition coefficient (Wildman–Crippen LogP) is 3.64. The largest absolute Gasteiger partial charge is 0.497 e. The first-order valence-corrected chi connectivity index (χ1v) is 10.3. The van der Waals surface area contributed by atoms with Crippen LogP contribution >= 0.6 is 0 Å². The number of hydrogen-bond acceptors (Lipinski definition) is 4. The van der Waals surface area contributed by atoms with E-state index in [-0.39, 0.29) is 11.9 Å². The standard InChI is InChI=1S/C23H29N5O2/c1-14-22(15(2)27(4)26-14)25-23(29)16(3)28-10-8-17(9-11-28)20-13-24-21-7-6-18(30-5)12-19(20)21/h6-8,12-13,16,24H,9-11H2,1-5H3,(H,25,29). The zero-order valence-corrected chi connectivity index (χ0v) is 18.2. The van der Waals surface area contributed by atoms with Gasteiger partial charge in [0, 0.05) is 42.8 Å². The molecule has 2 N–H and O–H groups in total. The van der Waals surface area contributed by atoms with Gasteiger partial charge in [-0.05, 0) is 51.0 Å². The molecule has 1 amide bonds.